The van der Waals surface area contributed by atoms with Crippen LogP contribution in [0.5, 0.6) is 0 Å². The second-order valence-corrected chi connectivity index (χ2v) is 8.63. The molecule has 1 amide bonds. The number of hydrogen-bond acceptors (Lipinski definition) is 5. The van der Waals surface area contributed by atoms with E-state index in [4.69, 9.17) is 5.73 Å². The number of likely N-dealkylation sites (tertiary alicyclic amines) is 1. The van der Waals surface area contributed by atoms with E-state index in [1.165, 1.54) is 5.56 Å². The van der Waals surface area contributed by atoms with E-state index in [0.29, 0.717) is 17.8 Å². The van der Waals surface area contributed by atoms with Gasteiger partial charge in [-0.1, -0.05) is 30.3 Å². The maximum atomic E-state index is 13.2. The average Bonchev–Trinajstić information content (AvgIpc) is 3.56. The molecule has 146 valence electrons. The summed E-state index contributed by atoms with van der Waals surface area (Å²) < 4.78 is 0. The van der Waals surface area contributed by atoms with E-state index in [-0.39, 0.29) is 11.3 Å². The van der Waals surface area contributed by atoms with E-state index in [9.17, 15) is 4.79 Å². The maximum Gasteiger partial charge on any atom is 0.230 e. The van der Waals surface area contributed by atoms with E-state index in [1.807, 2.05) is 18.2 Å². The summed E-state index contributed by atoms with van der Waals surface area (Å²) in [4.78, 5) is 26.5. The highest BCUT2D eigenvalue weighted by Gasteiger charge is 2.49. The number of benzene rings is 1. The van der Waals surface area contributed by atoms with Crippen molar-refractivity contribution in [2.75, 3.05) is 30.3 Å². The summed E-state index contributed by atoms with van der Waals surface area (Å²) in [6.07, 6.45) is 7.11. The second kappa shape index (κ2) is 6.76. The Morgan fingerprint density at radius 1 is 1.07 bits per heavy atom. The van der Waals surface area contributed by atoms with Crippen molar-refractivity contribution in [3.05, 3.63) is 48.2 Å². The van der Waals surface area contributed by atoms with Crippen molar-refractivity contribution in [1.82, 2.24) is 14.9 Å². The van der Waals surface area contributed by atoms with Crippen LogP contribution in [0, 0.1) is 5.41 Å². The van der Waals surface area contributed by atoms with Gasteiger partial charge in [-0.2, -0.15) is 4.98 Å². The fraction of sp³-hybridized carbons (Fsp3) is 0.500. The van der Waals surface area contributed by atoms with Crippen LogP contribution in [-0.4, -0.2) is 46.5 Å². The van der Waals surface area contributed by atoms with E-state index in [2.05, 4.69) is 31.9 Å². The lowest BCUT2D eigenvalue weighted by atomic mass is 9.67. The normalized spacial score (nSPS) is 24.6. The number of aromatic nitrogens is 2. The zero-order valence-electron chi connectivity index (χ0n) is 16.1. The summed E-state index contributed by atoms with van der Waals surface area (Å²) in [6.45, 7) is 2.74. The molecule has 1 spiro atoms. The van der Waals surface area contributed by atoms with E-state index in [1.54, 1.807) is 12.3 Å². The average molecular weight is 377 g/mol. The van der Waals surface area contributed by atoms with Crippen molar-refractivity contribution >= 4 is 17.7 Å². The van der Waals surface area contributed by atoms with Crippen LogP contribution in [0.1, 0.15) is 43.6 Å². The molecule has 1 aromatic carbocycles. The van der Waals surface area contributed by atoms with Gasteiger partial charge < -0.3 is 15.5 Å². The smallest absolute Gasteiger partial charge is 0.230 e. The summed E-state index contributed by atoms with van der Waals surface area (Å²) >= 11 is 0. The van der Waals surface area contributed by atoms with E-state index in [0.717, 1.165) is 57.7 Å². The first-order valence-electron chi connectivity index (χ1n) is 10.3. The van der Waals surface area contributed by atoms with Crippen LogP contribution in [0.15, 0.2) is 42.6 Å². The van der Waals surface area contributed by atoms with Crippen LogP contribution < -0.4 is 10.6 Å². The molecular formula is C22H27N5O. The standard InChI is InChI=1S/C22H27N5O/c23-19-8-11-24-21(25-19)26-12-9-22(10-13-26)14-18(16-4-2-1-3-5-16)20(28)27(15-22)17-6-7-17/h1-5,8,11,17-18H,6-7,9-10,12-15H2,(H2,23,24,25). The Morgan fingerprint density at radius 3 is 2.50 bits per heavy atom. The van der Waals surface area contributed by atoms with Gasteiger partial charge >= 0.3 is 0 Å². The molecule has 0 bridgehead atoms. The van der Waals surface area contributed by atoms with Gasteiger partial charge in [0.05, 0.1) is 5.92 Å². The third-order valence-electron chi connectivity index (χ3n) is 6.68. The number of carbonyl (C=O) groups excluding carboxylic acids is 1. The van der Waals surface area contributed by atoms with Crippen LogP contribution in [0.2, 0.25) is 0 Å². The number of nitrogen functional groups attached to an aromatic ring is 1. The lowest BCUT2D eigenvalue weighted by molar-refractivity contribution is -0.141. The number of nitrogens with zero attached hydrogens (tertiary/aromatic N) is 4. The third kappa shape index (κ3) is 3.21. The van der Waals surface area contributed by atoms with Crippen LogP contribution >= 0.6 is 0 Å². The topological polar surface area (TPSA) is 75.3 Å². The summed E-state index contributed by atoms with van der Waals surface area (Å²) in [5.74, 6) is 1.56. The highest BCUT2D eigenvalue weighted by Crippen LogP contribution is 2.48. The predicted molar refractivity (Wildman–Crippen MR) is 109 cm³/mol. The number of piperidine rings is 2. The summed E-state index contributed by atoms with van der Waals surface area (Å²) in [6, 6.07) is 12.5. The molecule has 1 unspecified atom stereocenters. The molecular weight excluding hydrogens is 350 g/mol. The fourth-order valence-corrected chi connectivity index (χ4v) is 4.92. The SMILES string of the molecule is Nc1ccnc(N2CCC3(CC2)CC(c2ccccc2)C(=O)N(C2CC2)C3)n1. The van der Waals surface area contributed by atoms with Crippen molar-refractivity contribution in [3.8, 4) is 0 Å². The number of nitrogens with two attached hydrogens (primary N) is 1. The Balaban J connectivity index is 1.37. The molecule has 6 nitrogen and oxygen atoms in total. The summed E-state index contributed by atoms with van der Waals surface area (Å²) in [5.41, 5.74) is 7.19. The molecule has 28 heavy (non-hydrogen) atoms. The second-order valence-electron chi connectivity index (χ2n) is 8.63. The Labute approximate surface area is 165 Å². The molecule has 1 aliphatic carbocycles. The lowest BCUT2D eigenvalue weighted by Crippen LogP contribution is -2.54. The summed E-state index contributed by atoms with van der Waals surface area (Å²) in [7, 11) is 0. The van der Waals surface area contributed by atoms with Gasteiger partial charge in [0, 0.05) is 31.9 Å². The Hall–Kier alpha value is -2.63. The molecule has 2 N–H and O–H groups in total. The Kier molecular flexibility index (Phi) is 4.22. The van der Waals surface area contributed by atoms with Crippen molar-refractivity contribution in [2.45, 2.75) is 44.1 Å². The molecule has 2 saturated heterocycles. The van der Waals surface area contributed by atoms with Crippen molar-refractivity contribution in [1.29, 1.82) is 0 Å². The molecule has 3 aliphatic rings. The van der Waals surface area contributed by atoms with Gasteiger partial charge in [0.1, 0.15) is 5.82 Å². The van der Waals surface area contributed by atoms with Crippen molar-refractivity contribution in [2.24, 2.45) is 5.41 Å². The molecule has 6 heteroatoms. The number of rotatable bonds is 3. The maximum absolute atomic E-state index is 13.2. The minimum Gasteiger partial charge on any atom is -0.384 e. The molecule has 1 atom stereocenters. The Bertz CT molecular complexity index is 858. The van der Waals surface area contributed by atoms with Gasteiger partial charge in [-0.25, -0.2) is 4.98 Å². The largest absolute Gasteiger partial charge is 0.384 e. The predicted octanol–water partition coefficient (Wildman–Crippen LogP) is 2.82. The molecule has 5 rings (SSSR count). The number of anilines is 2. The summed E-state index contributed by atoms with van der Waals surface area (Å²) in [5, 5.41) is 0. The highest BCUT2D eigenvalue weighted by atomic mass is 16.2. The number of amides is 1. The fourth-order valence-electron chi connectivity index (χ4n) is 4.92. The molecule has 0 radical (unpaired) electrons. The first kappa shape index (κ1) is 17.5. The van der Waals surface area contributed by atoms with E-state index >= 15 is 0 Å². The van der Waals surface area contributed by atoms with Crippen LogP contribution in [0.3, 0.4) is 0 Å². The molecule has 2 aliphatic heterocycles. The minimum atomic E-state index is -0.00859. The minimum absolute atomic E-state index is 0.00859. The van der Waals surface area contributed by atoms with Crippen molar-refractivity contribution < 1.29 is 4.79 Å². The number of carbonyl (C=O) groups is 1. The van der Waals surface area contributed by atoms with Crippen LogP contribution in [0.25, 0.3) is 0 Å². The van der Waals surface area contributed by atoms with E-state index < -0.39 is 0 Å². The first-order valence-corrected chi connectivity index (χ1v) is 10.3. The lowest BCUT2D eigenvalue weighted by Gasteiger charge is -2.50. The highest BCUT2D eigenvalue weighted by molar-refractivity contribution is 5.85. The first-order chi connectivity index (χ1) is 13.6. The van der Waals surface area contributed by atoms with Gasteiger partial charge in [-0.15, -0.1) is 0 Å². The van der Waals surface area contributed by atoms with Gasteiger partial charge in [0.25, 0.3) is 0 Å². The van der Waals surface area contributed by atoms with Gasteiger partial charge in [0.15, 0.2) is 0 Å². The number of hydrogen-bond donors (Lipinski definition) is 1. The van der Waals surface area contributed by atoms with Crippen LogP contribution in [-0.2, 0) is 4.79 Å². The molecule has 1 aromatic heterocycles. The van der Waals surface area contributed by atoms with Crippen LogP contribution in [0.4, 0.5) is 11.8 Å². The molecule has 2 aromatic rings. The van der Waals surface area contributed by atoms with Gasteiger partial charge in [-0.3, -0.25) is 4.79 Å². The molecule has 3 heterocycles. The third-order valence-corrected chi connectivity index (χ3v) is 6.68. The van der Waals surface area contributed by atoms with Gasteiger partial charge in [0.2, 0.25) is 11.9 Å². The van der Waals surface area contributed by atoms with Gasteiger partial charge in [-0.05, 0) is 49.1 Å². The Morgan fingerprint density at radius 2 is 1.82 bits per heavy atom. The monoisotopic (exact) mass is 377 g/mol. The molecule has 1 saturated carbocycles. The molecule has 3 fully saturated rings. The van der Waals surface area contributed by atoms with Crippen molar-refractivity contribution in [3.63, 3.8) is 0 Å². The quantitative estimate of drug-likeness (QED) is 0.890. The zero-order valence-corrected chi connectivity index (χ0v) is 16.1. The zero-order chi connectivity index (χ0) is 19.1.